The molecule has 0 radical (unpaired) electrons. The summed E-state index contributed by atoms with van der Waals surface area (Å²) in [7, 11) is 0. The molecular weight excluding hydrogens is 1160 g/mol. The Morgan fingerprint density at radius 3 is 1.26 bits per heavy atom. The first-order chi connectivity index (χ1) is 46.5. The molecule has 452 valence electrons. The second kappa shape index (κ2) is 20.6. The molecule has 0 atom stereocenters. The second-order valence-electron chi connectivity index (χ2n) is 26.8. The number of hydrogen-bond donors (Lipinski definition) is 0. The number of benzene rings is 13. The topological polar surface area (TPSA) is 37.7 Å². The number of anilines is 6. The van der Waals surface area contributed by atoms with Gasteiger partial charge in [-0.2, -0.15) is 0 Å². The van der Waals surface area contributed by atoms with Crippen LogP contribution in [0.1, 0.15) is 109 Å². The van der Waals surface area contributed by atoms with E-state index in [1.165, 1.54) is 60.4 Å². The van der Waals surface area contributed by atoms with Gasteiger partial charge in [0.25, 0.3) is 0 Å². The van der Waals surface area contributed by atoms with Crippen molar-refractivity contribution in [2.45, 2.75) is 81.5 Å². The van der Waals surface area contributed by atoms with Gasteiger partial charge in [0.2, 0.25) is 0 Å². The van der Waals surface area contributed by atoms with E-state index in [1.54, 1.807) is 24.3 Å². The lowest BCUT2D eigenvalue weighted by molar-refractivity contribution is 0.442. The van der Waals surface area contributed by atoms with E-state index in [1.807, 2.05) is 24.3 Å². The van der Waals surface area contributed by atoms with Crippen LogP contribution in [0.15, 0.2) is 258 Å². The summed E-state index contributed by atoms with van der Waals surface area (Å²) >= 11 is 0. The minimum Gasteiger partial charge on any atom is -0.454 e. The lowest BCUT2D eigenvalue weighted by Crippen LogP contribution is -2.34. The molecule has 0 N–H and O–H groups in total. The lowest BCUT2D eigenvalue weighted by atomic mass is 9.65. The van der Waals surface area contributed by atoms with E-state index in [0.717, 1.165) is 175 Å². The van der Waals surface area contributed by atoms with Crippen molar-refractivity contribution in [3.05, 3.63) is 294 Å². The van der Waals surface area contributed by atoms with E-state index >= 15 is 8.78 Å². The Balaban J connectivity index is 0.924. The van der Waals surface area contributed by atoms with Crippen LogP contribution in [0.2, 0.25) is 0 Å². The van der Waals surface area contributed by atoms with Crippen molar-refractivity contribution >= 4 is 121 Å². The van der Waals surface area contributed by atoms with Crippen molar-refractivity contribution < 1.29 is 17.6 Å². The molecule has 3 aliphatic carbocycles. The minimum atomic E-state index is -0.994. The SMILES string of the molecule is Fc1ccc(N(c2cc3c(c4ccccc24)-c2c(cc(N(c4ccc(F)cc4)c4cccc5c4oc4c(C6CCCCC6)cccc45)c4ccccc24)C32c3ccccc3-n3c4ccccc4c4cccc2c43)c2cccc3c2oc2c(C4CCCCC4)cccc23)cc1. The maximum absolute atomic E-state index is 15.6. The molecule has 2 fully saturated rings. The summed E-state index contributed by atoms with van der Waals surface area (Å²) < 4.78 is 48.6. The van der Waals surface area contributed by atoms with Crippen LogP contribution in [0.25, 0.3) is 104 Å². The van der Waals surface area contributed by atoms with Crippen LogP contribution < -0.4 is 9.80 Å². The van der Waals surface area contributed by atoms with Crippen molar-refractivity contribution in [2.75, 3.05) is 9.80 Å². The highest BCUT2D eigenvalue weighted by molar-refractivity contribution is 6.22. The molecular formula is C87H63F2N3O2. The Bertz CT molecular complexity index is 5550. The highest BCUT2D eigenvalue weighted by atomic mass is 19.1. The predicted octanol–water partition coefficient (Wildman–Crippen LogP) is 24.9. The molecule has 94 heavy (non-hydrogen) atoms. The molecule has 0 unspecified atom stereocenters. The van der Waals surface area contributed by atoms with Gasteiger partial charge in [0.05, 0.1) is 44.9 Å². The van der Waals surface area contributed by atoms with Crippen molar-refractivity contribution in [1.29, 1.82) is 0 Å². The van der Waals surface area contributed by atoms with E-state index in [-0.39, 0.29) is 11.6 Å². The third-order valence-corrected chi connectivity index (χ3v) is 22.0. The van der Waals surface area contributed by atoms with Gasteiger partial charge < -0.3 is 23.2 Å². The Labute approximate surface area is 542 Å². The van der Waals surface area contributed by atoms with Crippen LogP contribution in [0.5, 0.6) is 0 Å². The van der Waals surface area contributed by atoms with Crippen LogP contribution in [0.3, 0.4) is 0 Å². The number of para-hydroxylation sites is 7. The van der Waals surface area contributed by atoms with Gasteiger partial charge in [-0.1, -0.05) is 202 Å². The third kappa shape index (κ3) is 7.55. The summed E-state index contributed by atoms with van der Waals surface area (Å²) in [5.74, 6) is 0.229. The third-order valence-electron chi connectivity index (χ3n) is 22.0. The summed E-state index contributed by atoms with van der Waals surface area (Å²) in [5, 5.41) is 10.9. The van der Waals surface area contributed by atoms with Crippen molar-refractivity contribution in [3.8, 4) is 16.8 Å². The maximum Gasteiger partial charge on any atom is 0.159 e. The summed E-state index contributed by atoms with van der Waals surface area (Å²) in [6.45, 7) is 0. The highest BCUT2D eigenvalue weighted by Gasteiger charge is 2.53. The molecule has 0 saturated heterocycles. The van der Waals surface area contributed by atoms with Crippen LogP contribution in [0, 0.1) is 11.6 Å². The van der Waals surface area contributed by atoms with Crippen molar-refractivity contribution in [1.82, 2.24) is 4.57 Å². The van der Waals surface area contributed by atoms with Crippen molar-refractivity contribution in [2.24, 2.45) is 0 Å². The van der Waals surface area contributed by atoms with Gasteiger partial charge in [0, 0.05) is 54.5 Å². The average Bonchev–Trinajstić information content (AvgIpc) is 1.48. The van der Waals surface area contributed by atoms with Crippen molar-refractivity contribution in [3.63, 3.8) is 0 Å². The normalized spacial score (nSPS) is 15.3. The molecule has 1 aliphatic heterocycles. The van der Waals surface area contributed by atoms with E-state index in [4.69, 9.17) is 8.83 Å². The van der Waals surface area contributed by atoms with Crippen LogP contribution in [-0.4, -0.2) is 4.57 Å². The zero-order valence-corrected chi connectivity index (χ0v) is 51.8. The van der Waals surface area contributed by atoms with Gasteiger partial charge in [-0.3, -0.25) is 0 Å². The Hall–Kier alpha value is -10.8. The molecule has 3 aromatic heterocycles. The smallest absolute Gasteiger partial charge is 0.159 e. The Morgan fingerprint density at radius 2 is 0.734 bits per heavy atom. The number of halogens is 2. The first-order valence-corrected chi connectivity index (χ1v) is 33.7. The number of furan rings is 2. The fourth-order valence-electron chi connectivity index (χ4n) is 18.1. The number of fused-ring (bicyclic) bond motifs is 22. The van der Waals surface area contributed by atoms with Crippen LogP contribution in [0.4, 0.5) is 42.9 Å². The summed E-state index contributed by atoms with van der Waals surface area (Å²) in [6.07, 6.45) is 12.0. The van der Waals surface area contributed by atoms with Gasteiger partial charge >= 0.3 is 0 Å². The van der Waals surface area contributed by atoms with Gasteiger partial charge in [-0.15, -0.1) is 0 Å². The molecule has 0 amide bonds. The zero-order valence-electron chi connectivity index (χ0n) is 51.8. The van der Waals surface area contributed by atoms with Crippen LogP contribution >= 0.6 is 0 Å². The van der Waals surface area contributed by atoms with E-state index < -0.39 is 5.41 Å². The number of hydrogen-bond acceptors (Lipinski definition) is 4. The van der Waals surface area contributed by atoms with E-state index in [9.17, 15) is 0 Å². The quantitative estimate of drug-likeness (QED) is 0.152. The molecule has 13 aromatic carbocycles. The number of rotatable bonds is 8. The first kappa shape index (κ1) is 53.9. The fraction of sp³-hybridized carbons (Fsp3) is 0.149. The van der Waals surface area contributed by atoms with Gasteiger partial charge in [-0.25, -0.2) is 8.78 Å². The molecule has 16 aromatic rings. The average molecular weight is 1220 g/mol. The molecule has 4 aliphatic rings. The molecule has 2 saturated carbocycles. The predicted molar refractivity (Wildman–Crippen MR) is 382 cm³/mol. The zero-order chi connectivity index (χ0) is 61.9. The van der Waals surface area contributed by atoms with Gasteiger partial charge in [0.15, 0.2) is 11.2 Å². The van der Waals surface area contributed by atoms with Gasteiger partial charge in [-0.05, 0) is 178 Å². The van der Waals surface area contributed by atoms with Crippen LogP contribution in [-0.2, 0) is 5.41 Å². The minimum absolute atomic E-state index is 0.309. The van der Waals surface area contributed by atoms with Gasteiger partial charge in [0.1, 0.15) is 22.8 Å². The molecule has 4 heterocycles. The van der Waals surface area contributed by atoms with E-state index in [0.29, 0.717) is 11.8 Å². The Morgan fingerprint density at radius 1 is 0.330 bits per heavy atom. The molecule has 1 spiro atoms. The molecule has 5 nitrogen and oxygen atoms in total. The van der Waals surface area contributed by atoms with E-state index in [2.05, 4.69) is 215 Å². The molecule has 7 heteroatoms. The first-order valence-electron chi connectivity index (χ1n) is 33.7. The largest absolute Gasteiger partial charge is 0.454 e. The number of nitrogens with zero attached hydrogens (tertiary/aromatic N) is 3. The maximum atomic E-state index is 15.6. The number of aromatic nitrogens is 1. The fourth-order valence-corrected chi connectivity index (χ4v) is 18.1. The summed E-state index contributed by atoms with van der Waals surface area (Å²) in [4.78, 5) is 4.67. The molecule has 0 bridgehead atoms. The Kier molecular flexibility index (Phi) is 11.8. The monoisotopic (exact) mass is 1220 g/mol. The molecule has 20 rings (SSSR count). The summed E-state index contributed by atoms with van der Waals surface area (Å²) in [5.41, 5.74) is 20.5. The standard InChI is InChI=1S/C87H63F2N3O2/c88-54-42-46-56(47-43-54)90(76-40-18-34-68-66-32-15-29-58(83(66)93-85(68)76)52-20-3-1-4-21-52)78-50-72-80(63-27-9-7-24-60(63)78)81-64-28-10-8-25-61(64)79(51-73(81)87(72)70-36-12-14-39-75(70)92-74-38-13-11-26-62(74)65-31-17-37-71(87)82(65)92)91(57-48-44-55(89)45-49-57)77-41-19-35-69-67-33-16-30-59(84(67)94-86(69)77)53-22-5-2-6-23-53/h7-19,24-53H,1-6,20-23H2. The highest BCUT2D eigenvalue weighted by Crippen LogP contribution is 2.66. The second-order valence-corrected chi connectivity index (χ2v) is 26.8. The summed E-state index contributed by atoms with van der Waals surface area (Å²) in [6, 6.07) is 88.0. The lowest BCUT2D eigenvalue weighted by Gasteiger charge is -2.40.